The van der Waals surface area contributed by atoms with Gasteiger partial charge in [-0.15, -0.1) is 0 Å². The van der Waals surface area contributed by atoms with E-state index in [0.29, 0.717) is 12.5 Å². The van der Waals surface area contributed by atoms with Gasteiger partial charge in [-0.2, -0.15) is 0 Å². The molecule has 0 amide bonds. The van der Waals surface area contributed by atoms with Gasteiger partial charge < -0.3 is 10.0 Å². The second-order valence-electron chi connectivity index (χ2n) is 4.39. The number of rotatable bonds is 2. The topological polar surface area (TPSA) is 23.5 Å². The minimum atomic E-state index is 0.116. The molecule has 1 aliphatic rings. The smallest absolute Gasteiger partial charge is 0.0485 e. The van der Waals surface area contributed by atoms with Crippen molar-refractivity contribution in [2.75, 3.05) is 26.7 Å². The summed E-state index contributed by atoms with van der Waals surface area (Å²) in [7, 11) is 2.15. The van der Waals surface area contributed by atoms with E-state index >= 15 is 0 Å². The SMILES string of the molecule is CN1CCC(C(C)(C)CO)C1. The summed E-state index contributed by atoms with van der Waals surface area (Å²) in [6.07, 6.45) is 1.24. The predicted octanol–water partition coefficient (Wildman–Crippen LogP) is 0.957. The lowest BCUT2D eigenvalue weighted by Crippen LogP contribution is -2.29. The Kier molecular flexibility index (Phi) is 2.55. The van der Waals surface area contributed by atoms with E-state index in [0.717, 1.165) is 6.54 Å². The average Bonchev–Trinajstić information content (AvgIpc) is 2.36. The molecule has 2 nitrogen and oxygen atoms in total. The van der Waals surface area contributed by atoms with Gasteiger partial charge in [-0.1, -0.05) is 13.8 Å². The lowest BCUT2D eigenvalue weighted by Gasteiger charge is -2.29. The maximum atomic E-state index is 9.12. The molecule has 1 rings (SSSR count). The van der Waals surface area contributed by atoms with Crippen molar-refractivity contribution >= 4 is 0 Å². The first kappa shape index (κ1) is 9.01. The van der Waals surface area contributed by atoms with Gasteiger partial charge in [-0.3, -0.25) is 0 Å². The van der Waals surface area contributed by atoms with Crippen LogP contribution in [-0.2, 0) is 0 Å². The van der Waals surface area contributed by atoms with Crippen molar-refractivity contribution in [1.82, 2.24) is 4.90 Å². The lowest BCUT2D eigenvalue weighted by atomic mass is 9.79. The molecule has 0 spiro atoms. The van der Waals surface area contributed by atoms with Crippen molar-refractivity contribution in [3.8, 4) is 0 Å². The minimum Gasteiger partial charge on any atom is -0.396 e. The zero-order valence-corrected chi connectivity index (χ0v) is 7.80. The van der Waals surface area contributed by atoms with E-state index in [9.17, 15) is 0 Å². The third-order valence-corrected chi connectivity index (χ3v) is 2.90. The fraction of sp³-hybridized carbons (Fsp3) is 1.00. The number of hydrogen-bond donors (Lipinski definition) is 1. The summed E-state index contributed by atoms with van der Waals surface area (Å²) in [6.45, 7) is 6.95. The Bertz CT molecular complexity index is 134. The summed E-state index contributed by atoms with van der Waals surface area (Å²) in [5.41, 5.74) is 0.116. The van der Waals surface area contributed by atoms with Gasteiger partial charge in [-0.25, -0.2) is 0 Å². The number of hydrogen-bond acceptors (Lipinski definition) is 2. The first-order chi connectivity index (χ1) is 5.06. The second-order valence-corrected chi connectivity index (χ2v) is 4.39. The highest BCUT2D eigenvalue weighted by Gasteiger charge is 2.33. The third-order valence-electron chi connectivity index (χ3n) is 2.90. The summed E-state index contributed by atoms with van der Waals surface area (Å²) in [4.78, 5) is 2.34. The van der Waals surface area contributed by atoms with Gasteiger partial charge in [0.2, 0.25) is 0 Å². The van der Waals surface area contributed by atoms with Crippen LogP contribution < -0.4 is 0 Å². The molecule has 0 radical (unpaired) electrons. The number of aliphatic hydroxyl groups is 1. The fourth-order valence-corrected chi connectivity index (χ4v) is 1.70. The van der Waals surface area contributed by atoms with Gasteiger partial charge in [0.1, 0.15) is 0 Å². The fourth-order valence-electron chi connectivity index (χ4n) is 1.70. The Morgan fingerprint density at radius 1 is 1.55 bits per heavy atom. The Balaban J connectivity index is 2.48. The monoisotopic (exact) mass is 157 g/mol. The van der Waals surface area contributed by atoms with Crippen LogP contribution in [0.3, 0.4) is 0 Å². The van der Waals surface area contributed by atoms with Crippen molar-refractivity contribution in [1.29, 1.82) is 0 Å². The molecule has 0 bridgehead atoms. The predicted molar refractivity (Wildman–Crippen MR) is 46.5 cm³/mol. The molecule has 0 aromatic carbocycles. The van der Waals surface area contributed by atoms with E-state index < -0.39 is 0 Å². The van der Waals surface area contributed by atoms with Gasteiger partial charge in [0.05, 0.1) is 0 Å². The Labute approximate surface area is 69.2 Å². The Hall–Kier alpha value is -0.0800. The minimum absolute atomic E-state index is 0.116. The van der Waals surface area contributed by atoms with E-state index in [1.807, 2.05) is 0 Å². The van der Waals surface area contributed by atoms with Crippen LogP contribution in [0.15, 0.2) is 0 Å². The molecular weight excluding hydrogens is 138 g/mol. The Morgan fingerprint density at radius 3 is 2.55 bits per heavy atom. The molecule has 0 aromatic rings. The van der Waals surface area contributed by atoms with Crippen LogP contribution in [-0.4, -0.2) is 36.8 Å². The molecule has 1 N–H and O–H groups in total. The molecule has 0 aromatic heterocycles. The number of aliphatic hydroxyl groups excluding tert-OH is 1. The second kappa shape index (κ2) is 3.11. The van der Waals surface area contributed by atoms with Crippen LogP contribution in [0.1, 0.15) is 20.3 Å². The van der Waals surface area contributed by atoms with Crippen molar-refractivity contribution in [3.05, 3.63) is 0 Å². The molecule has 2 heteroatoms. The zero-order chi connectivity index (χ0) is 8.48. The number of likely N-dealkylation sites (tertiary alicyclic amines) is 1. The molecule has 1 heterocycles. The zero-order valence-electron chi connectivity index (χ0n) is 7.80. The molecule has 1 fully saturated rings. The van der Waals surface area contributed by atoms with Crippen LogP contribution in [0, 0.1) is 11.3 Å². The van der Waals surface area contributed by atoms with Crippen LogP contribution >= 0.6 is 0 Å². The maximum absolute atomic E-state index is 9.12. The largest absolute Gasteiger partial charge is 0.396 e. The highest BCUT2D eigenvalue weighted by molar-refractivity contribution is 4.84. The van der Waals surface area contributed by atoms with Gasteiger partial charge in [0, 0.05) is 13.2 Å². The molecule has 1 unspecified atom stereocenters. The van der Waals surface area contributed by atoms with Crippen molar-refractivity contribution < 1.29 is 5.11 Å². The quantitative estimate of drug-likeness (QED) is 0.645. The van der Waals surface area contributed by atoms with Gasteiger partial charge in [0.25, 0.3) is 0 Å². The van der Waals surface area contributed by atoms with Crippen LogP contribution in [0.2, 0.25) is 0 Å². The van der Waals surface area contributed by atoms with E-state index in [1.165, 1.54) is 13.0 Å². The highest BCUT2D eigenvalue weighted by Crippen LogP contribution is 2.32. The highest BCUT2D eigenvalue weighted by atomic mass is 16.3. The van der Waals surface area contributed by atoms with Gasteiger partial charge in [-0.05, 0) is 31.3 Å². The summed E-state index contributed by atoms with van der Waals surface area (Å²) >= 11 is 0. The maximum Gasteiger partial charge on any atom is 0.0485 e. The Morgan fingerprint density at radius 2 is 2.18 bits per heavy atom. The normalized spacial score (nSPS) is 27.8. The van der Waals surface area contributed by atoms with Crippen molar-refractivity contribution in [2.24, 2.45) is 11.3 Å². The number of nitrogens with zero attached hydrogens (tertiary/aromatic N) is 1. The summed E-state index contributed by atoms with van der Waals surface area (Å²) in [6, 6.07) is 0. The molecular formula is C9H19NO. The standard InChI is InChI=1S/C9H19NO/c1-9(2,7-11)8-4-5-10(3)6-8/h8,11H,4-7H2,1-3H3. The molecule has 1 saturated heterocycles. The molecule has 0 aliphatic carbocycles. The summed E-state index contributed by atoms with van der Waals surface area (Å²) in [5, 5.41) is 9.12. The molecule has 1 aliphatic heterocycles. The molecule has 1 atom stereocenters. The van der Waals surface area contributed by atoms with Gasteiger partial charge >= 0.3 is 0 Å². The summed E-state index contributed by atoms with van der Waals surface area (Å²) in [5.74, 6) is 0.678. The lowest BCUT2D eigenvalue weighted by molar-refractivity contribution is 0.100. The summed E-state index contributed by atoms with van der Waals surface area (Å²) < 4.78 is 0. The molecule has 66 valence electrons. The average molecular weight is 157 g/mol. The van der Waals surface area contributed by atoms with Gasteiger partial charge in [0.15, 0.2) is 0 Å². The van der Waals surface area contributed by atoms with Crippen LogP contribution in [0.4, 0.5) is 0 Å². The van der Waals surface area contributed by atoms with E-state index in [1.54, 1.807) is 0 Å². The first-order valence-electron chi connectivity index (χ1n) is 4.35. The van der Waals surface area contributed by atoms with Crippen LogP contribution in [0.25, 0.3) is 0 Å². The van der Waals surface area contributed by atoms with E-state index in [4.69, 9.17) is 5.11 Å². The molecule has 0 saturated carbocycles. The molecule has 11 heavy (non-hydrogen) atoms. The van der Waals surface area contributed by atoms with Crippen molar-refractivity contribution in [2.45, 2.75) is 20.3 Å². The third kappa shape index (κ3) is 1.94. The van der Waals surface area contributed by atoms with E-state index in [2.05, 4.69) is 25.8 Å². The van der Waals surface area contributed by atoms with E-state index in [-0.39, 0.29) is 5.41 Å². The first-order valence-corrected chi connectivity index (χ1v) is 4.35. The van der Waals surface area contributed by atoms with Crippen LogP contribution in [0.5, 0.6) is 0 Å². The van der Waals surface area contributed by atoms with Crippen molar-refractivity contribution in [3.63, 3.8) is 0 Å².